The van der Waals surface area contributed by atoms with Crippen LogP contribution < -0.4 is 10.9 Å². The molecule has 0 radical (unpaired) electrons. The monoisotopic (exact) mass is 439 g/mol. The number of fused-ring (bicyclic) bond motifs is 3. The lowest BCUT2D eigenvalue weighted by molar-refractivity contribution is -0.384. The third-order valence-corrected chi connectivity index (χ3v) is 5.79. The maximum Gasteiger partial charge on any atom is 0.269 e. The molecule has 1 N–H and O–H groups in total. The van der Waals surface area contributed by atoms with E-state index < -0.39 is 4.92 Å². The van der Waals surface area contributed by atoms with Crippen LogP contribution in [0.1, 0.15) is 12.5 Å². The van der Waals surface area contributed by atoms with E-state index in [2.05, 4.69) is 5.32 Å². The van der Waals surface area contributed by atoms with Crippen LogP contribution in [0, 0.1) is 10.1 Å². The summed E-state index contributed by atoms with van der Waals surface area (Å²) in [5.74, 6) is 0.457. The van der Waals surface area contributed by atoms with Crippen LogP contribution >= 0.6 is 0 Å². The molecule has 0 fully saturated rings. The Labute approximate surface area is 189 Å². The summed E-state index contributed by atoms with van der Waals surface area (Å²) < 4.78 is 8.01. The number of anilines is 1. The lowest BCUT2D eigenvalue weighted by atomic mass is 10.0. The van der Waals surface area contributed by atoms with Crippen molar-refractivity contribution in [1.29, 1.82) is 0 Å². The number of aromatic nitrogens is 1. The molecule has 0 saturated carbocycles. The molecule has 0 atom stereocenters. The Balaban J connectivity index is 1.78. The summed E-state index contributed by atoms with van der Waals surface area (Å²) >= 11 is 0. The number of nitro benzene ring substituents is 1. The zero-order valence-corrected chi connectivity index (χ0v) is 17.9. The fourth-order valence-corrected chi connectivity index (χ4v) is 4.21. The number of pyridine rings is 1. The van der Waals surface area contributed by atoms with Crippen LogP contribution in [0.2, 0.25) is 0 Å². The fourth-order valence-electron chi connectivity index (χ4n) is 4.21. The molecule has 0 amide bonds. The van der Waals surface area contributed by atoms with E-state index in [4.69, 9.17) is 4.42 Å². The number of nitrogens with zero attached hydrogens (tertiary/aromatic N) is 2. The number of nitro groups is 1. The van der Waals surface area contributed by atoms with Gasteiger partial charge in [0.15, 0.2) is 5.58 Å². The molecule has 33 heavy (non-hydrogen) atoms. The molecule has 2 aromatic heterocycles. The van der Waals surface area contributed by atoms with Crippen molar-refractivity contribution in [1.82, 2.24) is 4.57 Å². The molecular weight excluding hydrogens is 418 g/mol. The van der Waals surface area contributed by atoms with Gasteiger partial charge in [-0.2, -0.15) is 0 Å². The molecule has 0 unspecified atom stereocenters. The van der Waals surface area contributed by atoms with Crippen molar-refractivity contribution in [2.24, 2.45) is 0 Å². The number of benzene rings is 3. The maximum atomic E-state index is 13.6. The molecule has 0 saturated heterocycles. The molecule has 3 aromatic carbocycles. The second-order valence-corrected chi connectivity index (χ2v) is 7.72. The van der Waals surface area contributed by atoms with Crippen LogP contribution in [0.25, 0.3) is 33.0 Å². The topological polar surface area (TPSA) is 90.3 Å². The second kappa shape index (κ2) is 8.27. The van der Waals surface area contributed by atoms with Gasteiger partial charge in [-0.25, -0.2) is 0 Å². The van der Waals surface area contributed by atoms with Gasteiger partial charge < -0.3 is 14.3 Å². The Morgan fingerprint density at radius 2 is 1.67 bits per heavy atom. The largest absolute Gasteiger partial charge is 0.439 e. The van der Waals surface area contributed by atoms with Crippen LogP contribution in [0.15, 0.2) is 88.1 Å². The number of rotatable bonds is 6. The van der Waals surface area contributed by atoms with E-state index in [9.17, 15) is 14.9 Å². The SMILES string of the molecule is CCn1c(=O)c2c(-c3ccc([N+](=O)[O-])cc3)c(NCc3ccccc3)oc2c2ccccc21. The number of para-hydroxylation sites is 1. The Bertz CT molecular complexity index is 1530. The van der Waals surface area contributed by atoms with Gasteiger partial charge in [0.05, 0.1) is 21.4 Å². The highest BCUT2D eigenvalue weighted by Crippen LogP contribution is 2.40. The Kier molecular flexibility index (Phi) is 5.14. The van der Waals surface area contributed by atoms with Crippen molar-refractivity contribution in [2.45, 2.75) is 20.0 Å². The molecule has 0 aliphatic heterocycles. The molecule has 5 aromatic rings. The van der Waals surface area contributed by atoms with Gasteiger partial charge in [0.1, 0.15) is 0 Å². The third kappa shape index (κ3) is 3.53. The van der Waals surface area contributed by atoms with Gasteiger partial charge >= 0.3 is 0 Å². The summed E-state index contributed by atoms with van der Waals surface area (Å²) in [6, 6.07) is 23.7. The fraction of sp³-hybridized carbons (Fsp3) is 0.115. The van der Waals surface area contributed by atoms with Gasteiger partial charge in [0.25, 0.3) is 11.2 Å². The first-order valence-electron chi connectivity index (χ1n) is 10.7. The number of non-ortho nitro benzene ring substituents is 1. The normalized spacial score (nSPS) is 11.2. The first kappa shape index (κ1) is 20.5. The van der Waals surface area contributed by atoms with Crippen LogP contribution in [-0.2, 0) is 13.1 Å². The van der Waals surface area contributed by atoms with Crippen molar-refractivity contribution < 1.29 is 9.34 Å². The highest BCUT2D eigenvalue weighted by molar-refractivity contribution is 6.10. The Morgan fingerprint density at radius 1 is 0.970 bits per heavy atom. The molecule has 5 rings (SSSR count). The quantitative estimate of drug-likeness (QED) is 0.261. The minimum atomic E-state index is -0.441. The Hall–Kier alpha value is -4.39. The molecule has 7 heteroatoms. The van der Waals surface area contributed by atoms with Gasteiger partial charge in [0, 0.05) is 30.6 Å². The molecule has 2 heterocycles. The molecule has 7 nitrogen and oxygen atoms in total. The van der Waals surface area contributed by atoms with Crippen LogP contribution in [0.5, 0.6) is 0 Å². The van der Waals surface area contributed by atoms with Gasteiger partial charge in [0.2, 0.25) is 5.88 Å². The zero-order valence-electron chi connectivity index (χ0n) is 17.9. The predicted octanol–water partition coefficient (Wildman–Crippen LogP) is 5.95. The molecule has 0 aliphatic rings. The van der Waals surface area contributed by atoms with Gasteiger partial charge in [-0.1, -0.05) is 42.5 Å². The van der Waals surface area contributed by atoms with E-state index in [1.165, 1.54) is 12.1 Å². The summed E-state index contributed by atoms with van der Waals surface area (Å²) in [5, 5.41) is 15.8. The van der Waals surface area contributed by atoms with Crippen LogP contribution in [0.4, 0.5) is 11.6 Å². The summed E-state index contributed by atoms with van der Waals surface area (Å²) in [6.07, 6.45) is 0. The highest BCUT2D eigenvalue weighted by atomic mass is 16.6. The van der Waals surface area contributed by atoms with E-state index in [-0.39, 0.29) is 11.2 Å². The van der Waals surface area contributed by atoms with E-state index in [1.54, 1.807) is 16.7 Å². The van der Waals surface area contributed by atoms with Gasteiger partial charge in [-0.15, -0.1) is 0 Å². The first-order valence-corrected chi connectivity index (χ1v) is 10.7. The minimum absolute atomic E-state index is 0.0123. The second-order valence-electron chi connectivity index (χ2n) is 7.72. The number of nitrogens with one attached hydrogen (secondary N) is 1. The molecule has 0 bridgehead atoms. The van der Waals surface area contributed by atoms with Gasteiger partial charge in [-0.05, 0) is 42.3 Å². The Morgan fingerprint density at radius 3 is 2.36 bits per heavy atom. The zero-order chi connectivity index (χ0) is 22.9. The van der Waals surface area contributed by atoms with Crippen LogP contribution in [-0.4, -0.2) is 9.49 Å². The summed E-state index contributed by atoms with van der Waals surface area (Å²) in [5.41, 5.74) is 3.47. The molecule has 0 spiro atoms. The van der Waals surface area contributed by atoms with E-state index in [1.807, 2.05) is 61.5 Å². The highest BCUT2D eigenvalue weighted by Gasteiger charge is 2.23. The van der Waals surface area contributed by atoms with Crippen molar-refractivity contribution in [2.75, 3.05) is 5.32 Å². The predicted molar refractivity (Wildman–Crippen MR) is 130 cm³/mol. The standard InChI is InChI=1S/C26H21N3O4/c1-2-28-21-11-7-6-10-20(21)24-23(26(28)30)22(18-12-14-19(15-13-18)29(31)32)25(33-24)27-16-17-8-4-3-5-9-17/h3-15,27H,2,16H2,1H3. The van der Waals surface area contributed by atoms with Crippen LogP contribution in [0.3, 0.4) is 0 Å². The van der Waals surface area contributed by atoms with Crippen molar-refractivity contribution in [3.8, 4) is 11.1 Å². The summed E-state index contributed by atoms with van der Waals surface area (Å²) in [4.78, 5) is 24.3. The first-order chi connectivity index (χ1) is 16.1. The summed E-state index contributed by atoms with van der Waals surface area (Å²) in [6.45, 7) is 2.94. The van der Waals surface area contributed by atoms with Crippen molar-refractivity contribution >= 4 is 33.4 Å². The smallest absolute Gasteiger partial charge is 0.269 e. The minimum Gasteiger partial charge on any atom is -0.439 e. The number of hydrogen-bond donors (Lipinski definition) is 1. The molecule has 0 aliphatic carbocycles. The molecule has 164 valence electrons. The van der Waals surface area contributed by atoms with Crippen molar-refractivity contribution in [3.05, 3.63) is 105 Å². The molecular formula is C26H21N3O4. The maximum absolute atomic E-state index is 13.6. The van der Waals surface area contributed by atoms with E-state index >= 15 is 0 Å². The van der Waals surface area contributed by atoms with Crippen molar-refractivity contribution in [3.63, 3.8) is 0 Å². The van der Waals surface area contributed by atoms with E-state index in [0.29, 0.717) is 41.1 Å². The lowest BCUT2D eigenvalue weighted by Gasteiger charge is -2.09. The summed E-state index contributed by atoms with van der Waals surface area (Å²) in [7, 11) is 0. The average Bonchev–Trinajstić information content (AvgIpc) is 3.24. The number of furan rings is 1. The number of aryl methyl sites for hydroxylation is 1. The third-order valence-electron chi connectivity index (χ3n) is 5.79. The van der Waals surface area contributed by atoms with Gasteiger partial charge in [-0.3, -0.25) is 14.9 Å². The van der Waals surface area contributed by atoms with E-state index in [0.717, 1.165) is 16.5 Å². The number of hydrogen-bond acceptors (Lipinski definition) is 5. The average molecular weight is 439 g/mol. The lowest BCUT2D eigenvalue weighted by Crippen LogP contribution is -2.19.